The number of benzene rings is 3. The van der Waals surface area contributed by atoms with Gasteiger partial charge in [0.2, 0.25) is 11.8 Å². The van der Waals surface area contributed by atoms with Gasteiger partial charge in [0.25, 0.3) is 10.0 Å². The van der Waals surface area contributed by atoms with Gasteiger partial charge in [-0.25, -0.2) is 12.8 Å². The molecule has 0 saturated heterocycles. The SMILES string of the molecule is CC[C@@H](C(=O)NC1CCCCC1)N(Cc1cccc(C)c1)C(=O)CN(c1ccc(F)c(Cl)c1)S(=O)(=O)c1ccccc1. The van der Waals surface area contributed by atoms with E-state index in [1.807, 2.05) is 38.1 Å². The molecular formula is C32H37ClFN3O4S. The largest absolute Gasteiger partial charge is 0.352 e. The van der Waals surface area contributed by atoms with Gasteiger partial charge in [0.1, 0.15) is 18.4 Å². The van der Waals surface area contributed by atoms with Gasteiger partial charge >= 0.3 is 0 Å². The standard InChI is InChI=1S/C32H37ClFN3O4S/c1-3-30(32(39)35-25-13-6-4-7-14-25)36(21-24-12-10-11-23(2)19-24)31(38)22-37(26-17-18-29(34)28(33)20-26)42(40,41)27-15-8-5-9-16-27/h5,8-12,15-20,25,30H,3-4,6-7,13-14,21-22H2,1-2H3,(H,35,39)/t30-/m0/s1. The van der Waals surface area contributed by atoms with E-state index in [4.69, 9.17) is 11.6 Å². The van der Waals surface area contributed by atoms with Crippen LogP contribution in [0, 0.1) is 12.7 Å². The van der Waals surface area contributed by atoms with Crippen molar-refractivity contribution in [1.82, 2.24) is 10.2 Å². The van der Waals surface area contributed by atoms with Crippen molar-refractivity contribution in [3.05, 3.63) is 94.8 Å². The number of nitrogens with zero attached hydrogens (tertiary/aromatic N) is 2. The van der Waals surface area contributed by atoms with E-state index in [9.17, 15) is 22.4 Å². The van der Waals surface area contributed by atoms with Gasteiger partial charge < -0.3 is 10.2 Å². The monoisotopic (exact) mass is 613 g/mol. The maximum Gasteiger partial charge on any atom is 0.264 e. The van der Waals surface area contributed by atoms with Crippen LogP contribution in [-0.4, -0.2) is 43.8 Å². The van der Waals surface area contributed by atoms with Crippen molar-refractivity contribution in [2.24, 2.45) is 0 Å². The second kappa shape index (κ2) is 14.2. The highest BCUT2D eigenvalue weighted by Crippen LogP contribution is 2.28. The Hall–Kier alpha value is -3.43. The molecule has 0 aromatic heterocycles. The fourth-order valence-corrected chi connectivity index (χ4v) is 6.96. The van der Waals surface area contributed by atoms with Crippen LogP contribution in [0.25, 0.3) is 0 Å². The van der Waals surface area contributed by atoms with Crippen molar-refractivity contribution in [2.75, 3.05) is 10.8 Å². The van der Waals surface area contributed by atoms with Gasteiger partial charge in [0.05, 0.1) is 15.6 Å². The van der Waals surface area contributed by atoms with Gasteiger partial charge in [-0.1, -0.05) is 85.8 Å². The highest BCUT2D eigenvalue weighted by molar-refractivity contribution is 7.92. The molecule has 0 radical (unpaired) electrons. The third kappa shape index (κ3) is 7.69. The van der Waals surface area contributed by atoms with Gasteiger partial charge in [-0.3, -0.25) is 13.9 Å². The van der Waals surface area contributed by atoms with Gasteiger partial charge in [-0.15, -0.1) is 0 Å². The summed E-state index contributed by atoms with van der Waals surface area (Å²) in [6, 6.07) is 18.1. The topological polar surface area (TPSA) is 86.8 Å². The Morgan fingerprint density at radius 3 is 2.36 bits per heavy atom. The Morgan fingerprint density at radius 2 is 1.71 bits per heavy atom. The Balaban J connectivity index is 1.71. The molecule has 0 unspecified atom stereocenters. The quantitative estimate of drug-likeness (QED) is 0.277. The first-order valence-corrected chi connectivity index (χ1v) is 16.1. The molecule has 1 fully saturated rings. The molecule has 10 heteroatoms. The van der Waals surface area contributed by atoms with E-state index in [0.29, 0.717) is 6.42 Å². The fraction of sp³-hybridized carbons (Fsp3) is 0.375. The average molecular weight is 614 g/mol. The Morgan fingerprint density at radius 1 is 1.00 bits per heavy atom. The zero-order chi connectivity index (χ0) is 30.3. The summed E-state index contributed by atoms with van der Waals surface area (Å²) in [7, 11) is -4.26. The van der Waals surface area contributed by atoms with Crippen LogP contribution in [0.2, 0.25) is 5.02 Å². The molecule has 1 aliphatic carbocycles. The van der Waals surface area contributed by atoms with E-state index in [1.165, 1.54) is 29.2 Å². The summed E-state index contributed by atoms with van der Waals surface area (Å²) < 4.78 is 42.7. The second-order valence-corrected chi connectivity index (χ2v) is 13.0. The summed E-state index contributed by atoms with van der Waals surface area (Å²) in [6.07, 6.45) is 5.34. The number of halogens is 2. The molecule has 1 N–H and O–H groups in total. The van der Waals surface area contributed by atoms with Gasteiger partial charge in [0.15, 0.2) is 0 Å². The Bertz CT molecular complexity index is 1500. The summed E-state index contributed by atoms with van der Waals surface area (Å²) >= 11 is 6.04. The number of sulfonamides is 1. The number of nitrogens with one attached hydrogen (secondary N) is 1. The third-order valence-electron chi connectivity index (χ3n) is 7.57. The molecule has 0 bridgehead atoms. The van der Waals surface area contributed by atoms with Crippen LogP contribution >= 0.6 is 11.6 Å². The minimum absolute atomic E-state index is 0.0359. The first-order chi connectivity index (χ1) is 20.1. The molecule has 2 amide bonds. The first kappa shape index (κ1) is 31.5. The lowest BCUT2D eigenvalue weighted by molar-refractivity contribution is -0.140. The van der Waals surface area contributed by atoms with Crippen molar-refractivity contribution in [2.45, 2.75) is 75.9 Å². The summed E-state index contributed by atoms with van der Waals surface area (Å²) in [5.41, 5.74) is 1.84. The molecule has 0 aliphatic heterocycles. The summed E-state index contributed by atoms with van der Waals surface area (Å²) in [6.45, 7) is 3.27. The Kier molecular flexibility index (Phi) is 10.6. The molecule has 1 atom stereocenters. The summed E-state index contributed by atoms with van der Waals surface area (Å²) in [4.78, 5) is 29.2. The van der Waals surface area contributed by atoms with E-state index in [0.717, 1.165) is 53.6 Å². The lowest BCUT2D eigenvalue weighted by atomic mass is 9.95. The van der Waals surface area contributed by atoms with E-state index in [2.05, 4.69) is 5.32 Å². The Labute approximate surface area is 252 Å². The van der Waals surface area contributed by atoms with E-state index >= 15 is 0 Å². The van der Waals surface area contributed by atoms with Crippen molar-refractivity contribution in [1.29, 1.82) is 0 Å². The molecule has 0 heterocycles. The minimum atomic E-state index is -4.26. The number of carbonyl (C=O) groups excluding carboxylic acids is 2. The molecule has 224 valence electrons. The molecule has 0 spiro atoms. The lowest BCUT2D eigenvalue weighted by Crippen LogP contribution is -2.54. The molecule has 4 rings (SSSR count). The lowest BCUT2D eigenvalue weighted by Gasteiger charge is -2.34. The zero-order valence-electron chi connectivity index (χ0n) is 23.9. The van der Waals surface area contributed by atoms with Crippen molar-refractivity contribution in [3.8, 4) is 0 Å². The maximum absolute atomic E-state index is 14.2. The highest BCUT2D eigenvalue weighted by Gasteiger charge is 2.34. The molecule has 3 aromatic carbocycles. The van der Waals surface area contributed by atoms with Crippen LogP contribution in [0.3, 0.4) is 0 Å². The average Bonchev–Trinajstić information content (AvgIpc) is 2.98. The number of anilines is 1. The maximum atomic E-state index is 14.2. The van der Waals surface area contributed by atoms with E-state index in [-0.39, 0.29) is 34.1 Å². The van der Waals surface area contributed by atoms with Gasteiger partial charge in [-0.2, -0.15) is 0 Å². The summed E-state index contributed by atoms with van der Waals surface area (Å²) in [5, 5.41) is 2.86. The minimum Gasteiger partial charge on any atom is -0.352 e. The predicted molar refractivity (Wildman–Crippen MR) is 163 cm³/mol. The van der Waals surface area contributed by atoms with Crippen LogP contribution in [0.15, 0.2) is 77.7 Å². The molecule has 1 saturated carbocycles. The zero-order valence-corrected chi connectivity index (χ0v) is 25.5. The number of aryl methyl sites for hydroxylation is 1. The molecular weight excluding hydrogens is 577 g/mol. The summed E-state index contributed by atoms with van der Waals surface area (Å²) in [5.74, 6) is -1.54. The van der Waals surface area contributed by atoms with Crippen LogP contribution in [0.5, 0.6) is 0 Å². The number of amides is 2. The fourth-order valence-electron chi connectivity index (χ4n) is 5.36. The van der Waals surface area contributed by atoms with Crippen LogP contribution in [0.4, 0.5) is 10.1 Å². The molecule has 1 aliphatic rings. The normalized spacial score (nSPS) is 14.7. The number of rotatable bonds is 11. The van der Waals surface area contributed by atoms with Gasteiger partial charge in [0, 0.05) is 12.6 Å². The smallest absolute Gasteiger partial charge is 0.264 e. The number of carbonyl (C=O) groups is 2. The van der Waals surface area contributed by atoms with Crippen molar-refractivity contribution >= 4 is 39.1 Å². The first-order valence-electron chi connectivity index (χ1n) is 14.3. The third-order valence-corrected chi connectivity index (χ3v) is 9.65. The number of hydrogen-bond acceptors (Lipinski definition) is 4. The molecule has 42 heavy (non-hydrogen) atoms. The van der Waals surface area contributed by atoms with Gasteiger partial charge in [-0.05, 0) is 62.1 Å². The van der Waals surface area contributed by atoms with E-state index < -0.39 is 34.3 Å². The van der Waals surface area contributed by atoms with Crippen LogP contribution in [0.1, 0.15) is 56.6 Å². The predicted octanol–water partition coefficient (Wildman–Crippen LogP) is 6.24. The van der Waals surface area contributed by atoms with E-state index in [1.54, 1.807) is 18.2 Å². The van der Waals surface area contributed by atoms with Crippen molar-refractivity contribution in [3.63, 3.8) is 0 Å². The highest BCUT2D eigenvalue weighted by atomic mass is 35.5. The molecule has 7 nitrogen and oxygen atoms in total. The van der Waals surface area contributed by atoms with Crippen molar-refractivity contribution < 1.29 is 22.4 Å². The second-order valence-electron chi connectivity index (χ2n) is 10.7. The van der Waals surface area contributed by atoms with Crippen LogP contribution < -0.4 is 9.62 Å². The van der Waals surface area contributed by atoms with Crippen LogP contribution in [-0.2, 0) is 26.2 Å². The molecule has 3 aromatic rings. The number of hydrogen-bond donors (Lipinski definition) is 1.